The highest BCUT2D eigenvalue weighted by Crippen LogP contribution is 2.19. The lowest BCUT2D eigenvalue weighted by molar-refractivity contribution is -0.134. The van der Waals surface area contributed by atoms with E-state index in [1.807, 2.05) is 13.8 Å². The molecule has 1 aliphatic rings. The van der Waals surface area contributed by atoms with Crippen molar-refractivity contribution in [3.8, 4) is 0 Å². The van der Waals surface area contributed by atoms with Gasteiger partial charge in [0.25, 0.3) is 0 Å². The molecule has 4 heteroatoms. The van der Waals surface area contributed by atoms with Crippen LogP contribution in [0.1, 0.15) is 27.2 Å². The number of hydrogen-bond donors (Lipinski definition) is 1. The van der Waals surface area contributed by atoms with Gasteiger partial charge in [0.15, 0.2) is 0 Å². The lowest BCUT2D eigenvalue weighted by Crippen LogP contribution is -2.56. The van der Waals surface area contributed by atoms with Crippen LogP contribution >= 0.6 is 0 Å². The van der Waals surface area contributed by atoms with Gasteiger partial charge in [-0.05, 0) is 33.1 Å². The van der Waals surface area contributed by atoms with Crippen molar-refractivity contribution in [2.45, 2.75) is 38.8 Å². The average Bonchev–Trinajstić information content (AvgIpc) is 2.68. The number of ether oxygens (including phenoxy) is 1. The molecular formula is C12H24N2O2. The normalized spacial score (nSPS) is 23.2. The van der Waals surface area contributed by atoms with E-state index in [-0.39, 0.29) is 5.91 Å². The van der Waals surface area contributed by atoms with Gasteiger partial charge in [0.05, 0.1) is 12.1 Å². The second-order valence-corrected chi connectivity index (χ2v) is 5.38. The van der Waals surface area contributed by atoms with Gasteiger partial charge in [-0.3, -0.25) is 4.79 Å². The molecule has 1 aliphatic heterocycles. The molecule has 0 aromatic rings. The number of nitrogens with zero attached hydrogens (tertiary/aromatic N) is 1. The van der Waals surface area contributed by atoms with Crippen LogP contribution in [0.25, 0.3) is 0 Å². The van der Waals surface area contributed by atoms with Crippen LogP contribution in [0.2, 0.25) is 0 Å². The lowest BCUT2D eigenvalue weighted by Gasteiger charge is -2.33. The van der Waals surface area contributed by atoms with E-state index in [1.165, 1.54) is 0 Å². The molecular weight excluding hydrogens is 204 g/mol. The number of carbonyl (C=O) groups is 1. The predicted molar refractivity (Wildman–Crippen MR) is 64.3 cm³/mol. The van der Waals surface area contributed by atoms with Crippen molar-refractivity contribution >= 4 is 5.91 Å². The third-order valence-corrected chi connectivity index (χ3v) is 3.20. The molecule has 1 saturated heterocycles. The first-order valence-electron chi connectivity index (χ1n) is 5.92. The number of rotatable bonds is 4. The maximum atomic E-state index is 11.9. The molecule has 0 radical (unpaired) electrons. The van der Waals surface area contributed by atoms with Crippen LogP contribution in [-0.2, 0) is 9.53 Å². The van der Waals surface area contributed by atoms with E-state index in [1.54, 1.807) is 19.0 Å². The van der Waals surface area contributed by atoms with Crippen LogP contribution < -0.4 is 5.32 Å². The summed E-state index contributed by atoms with van der Waals surface area (Å²) in [6.45, 7) is 7.65. The van der Waals surface area contributed by atoms with E-state index in [9.17, 15) is 4.79 Å². The fourth-order valence-corrected chi connectivity index (χ4v) is 2.25. The summed E-state index contributed by atoms with van der Waals surface area (Å²) in [5, 5.41) is 3.41. The van der Waals surface area contributed by atoms with Crippen molar-refractivity contribution in [3.63, 3.8) is 0 Å². The largest absolute Gasteiger partial charge is 0.381 e. The second kappa shape index (κ2) is 5.15. The van der Waals surface area contributed by atoms with Crippen LogP contribution in [-0.4, -0.2) is 49.7 Å². The van der Waals surface area contributed by atoms with E-state index < -0.39 is 5.54 Å². The monoisotopic (exact) mass is 228 g/mol. The fourth-order valence-electron chi connectivity index (χ4n) is 2.25. The molecule has 0 aliphatic carbocycles. The zero-order valence-corrected chi connectivity index (χ0v) is 11.0. The van der Waals surface area contributed by atoms with Crippen molar-refractivity contribution in [1.82, 2.24) is 10.2 Å². The SMILES string of the molecule is CC(NC(C)(C)C(=O)N(C)C)C1CCOC1. The Morgan fingerprint density at radius 2 is 2.12 bits per heavy atom. The van der Waals surface area contributed by atoms with Gasteiger partial charge in [-0.2, -0.15) is 0 Å². The van der Waals surface area contributed by atoms with Crippen molar-refractivity contribution in [1.29, 1.82) is 0 Å². The molecule has 0 aromatic carbocycles. The Morgan fingerprint density at radius 1 is 1.50 bits per heavy atom. The average molecular weight is 228 g/mol. The molecule has 0 spiro atoms. The number of hydrogen-bond acceptors (Lipinski definition) is 3. The van der Waals surface area contributed by atoms with Crippen molar-refractivity contribution in [3.05, 3.63) is 0 Å². The van der Waals surface area contributed by atoms with Crippen LogP contribution in [0, 0.1) is 5.92 Å². The highest BCUT2D eigenvalue weighted by Gasteiger charge is 2.33. The Labute approximate surface area is 98.3 Å². The highest BCUT2D eigenvalue weighted by atomic mass is 16.5. The number of nitrogens with one attached hydrogen (secondary N) is 1. The summed E-state index contributed by atoms with van der Waals surface area (Å²) in [4.78, 5) is 13.6. The Kier molecular flexibility index (Phi) is 4.33. The van der Waals surface area contributed by atoms with E-state index in [0.717, 1.165) is 19.6 Å². The molecule has 1 fully saturated rings. The van der Waals surface area contributed by atoms with Gasteiger partial charge in [0.1, 0.15) is 0 Å². The molecule has 1 heterocycles. The molecule has 2 unspecified atom stereocenters. The minimum Gasteiger partial charge on any atom is -0.381 e. The first-order chi connectivity index (χ1) is 7.34. The molecule has 0 bridgehead atoms. The molecule has 4 nitrogen and oxygen atoms in total. The van der Waals surface area contributed by atoms with Gasteiger partial charge in [0, 0.05) is 26.7 Å². The molecule has 0 saturated carbocycles. The minimum atomic E-state index is -0.508. The van der Waals surface area contributed by atoms with Crippen molar-refractivity contribution in [2.24, 2.45) is 5.92 Å². The maximum absolute atomic E-state index is 11.9. The van der Waals surface area contributed by atoms with Crippen LogP contribution in [0.5, 0.6) is 0 Å². The first kappa shape index (κ1) is 13.5. The summed E-state index contributed by atoms with van der Waals surface area (Å²) in [5.41, 5.74) is -0.508. The van der Waals surface area contributed by atoms with E-state index in [4.69, 9.17) is 4.74 Å². The standard InChI is InChI=1S/C12H24N2O2/c1-9(10-6-7-16-8-10)13-12(2,3)11(15)14(4)5/h9-10,13H,6-8H2,1-5H3. The van der Waals surface area contributed by atoms with Gasteiger partial charge in [0.2, 0.25) is 5.91 Å². The summed E-state index contributed by atoms with van der Waals surface area (Å²) in [6.07, 6.45) is 1.08. The van der Waals surface area contributed by atoms with Crippen molar-refractivity contribution in [2.75, 3.05) is 27.3 Å². The van der Waals surface area contributed by atoms with Gasteiger partial charge >= 0.3 is 0 Å². The summed E-state index contributed by atoms with van der Waals surface area (Å²) in [5.74, 6) is 0.632. The smallest absolute Gasteiger partial charge is 0.241 e. The summed E-state index contributed by atoms with van der Waals surface area (Å²) in [6, 6.07) is 0.307. The van der Waals surface area contributed by atoms with Crippen molar-refractivity contribution < 1.29 is 9.53 Å². The first-order valence-corrected chi connectivity index (χ1v) is 5.92. The zero-order chi connectivity index (χ0) is 12.3. The third-order valence-electron chi connectivity index (χ3n) is 3.20. The quantitative estimate of drug-likeness (QED) is 0.776. The highest BCUT2D eigenvalue weighted by molar-refractivity contribution is 5.85. The number of amides is 1. The summed E-state index contributed by atoms with van der Waals surface area (Å²) >= 11 is 0. The van der Waals surface area contributed by atoms with Gasteiger partial charge in [-0.1, -0.05) is 0 Å². The number of carbonyl (C=O) groups excluding carboxylic acids is 1. The number of likely N-dealkylation sites (N-methyl/N-ethyl adjacent to an activating group) is 1. The van der Waals surface area contributed by atoms with Crippen LogP contribution in [0.15, 0.2) is 0 Å². The molecule has 94 valence electrons. The minimum absolute atomic E-state index is 0.110. The Balaban J connectivity index is 2.53. The second-order valence-electron chi connectivity index (χ2n) is 5.38. The molecule has 2 atom stereocenters. The summed E-state index contributed by atoms with van der Waals surface area (Å²) in [7, 11) is 3.57. The molecule has 16 heavy (non-hydrogen) atoms. The maximum Gasteiger partial charge on any atom is 0.241 e. The Hall–Kier alpha value is -0.610. The van der Waals surface area contributed by atoms with E-state index in [0.29, 0.717) is 12.0 Å². The Morgan fingerprint density at radius 3 is 2.56 bits per heavy atom. The molecule has 0 aromatic heterocycles. The zero-order valence-electron chi connectivity index (χ0n) is 11.0. The van der Waals surface area contributed by atoms with Crippen LogP contribution in [0.4, 0.5) is 0 Å². The Bertz CT molecular complexity index is 245. The predicted octanol–water partition coefficient (Wildman–Crippen LogP) is 0.868. The summed E-state index contributed by atoms with van der Waals surface area (Å²) < 4.78 is 5.37. The fraction of sp³-hybridized carbons (Fsp3) is 0.917. The van der Waals surface area contributed by atoms with Crippen LogP contribution in [0.3, 0.4) is 0 Å². The van der Waals surface area contributed by atoms with Gasteiger partial charge < -0.3 is 15.0 Å². The van der Waals surface area contributed by atoms with E-state index in [2.05, 4.69) is 12.2 Å². The molecule has 1 amide bonds. The molecule has 1 rings (SSSR count). The van der Waals surface area contributed by atoms with E-state index >= 15 is 0 Å². The van der Waals surface area contributed by atoms with Gasteiger partial charge in [-0.15, -0.1) is 0 Å². The lowest BCUT2D eigenvalue weighted by atomic mass is 9.95. The molecule has 1 N–H and O–H groups in total. The van der Waals surface area contributed by atoms with Gasteiger partial charge in [-0.25, -0.2) is 0 Å². The topological polar surface area (TPSA) is 41.6 Å². The third kappa shape index (κ3) is 3.19.